The van der Waals surface area contributed by atoms with Gasteiger partial charge in [-0.15, -0.1) is 0 Å². The summed E-state index contributed by atoms with van der Waals surface area (Å²) in [5.41, 5.74) is 3.78. The average Bonchev–Trinajstić information content (AvgIpc) is 4.37. The highest BCUT2D eigenvalue weighted by Crippen LogP contribution is 2.54. The number of alkyl halides is 2. The number of rotatable bonds is 20. The number of hydrogen-bond donors (Lipinski definition) is 9. The van der Waals surface area contributed by atoms with Crippen LogP contribution in [0.4, 0.5) is 34.7 Å². The number of carbonyl (C=O) groups is 7. The molecule has 1 aromatic carbocycles. The molecule has 0 radical (unpaired) electrons. The SMILES string of the molecule is CC(C)C(NC(=O)CCCCCN1C(=O)CSC1=O)C(=O)NC(CCNC(N)=O)C(=O)Nc1ccc(COC(=O)Nc2ncnc3c2ncn3[C@@H]2O[C@@H]3COP(O)(=S)O[C@H]4[C@@H](F)[C@H](n5ccc(=O)[nH]c5=O)O[C@@H]4COP(=O)(O)O[C@H]3[C@H]2F)cc1. The van der Waals surface area contributed by atoms with Crippen LogP contribution in [0.5, 0.6) is 0 Å². The van der Waals surface area contributed by atoms with Gasteiger partial charge in [-0.1, -0.05) is 44.2 Å². The van der Waals surface area contributed by atoms with Crippen LogP contribution in [0.2, 0.25) is 0 Å². The van der Waals surface area contributed by atoms with Gasteiger partial charge in [0.2, 0.25) is 23.6 Å². The minimum absolute atomic E-state index is 0.0626. The Hall–Kier alpha value is -6.69. The molecule has 0 bridgehead atoms. The lowest BCUT2D eigenvalue weighted by Crippen LogP contribution is -2.55. The summed E-state index contributed by atoms with van der Waals surface area (Å²) in [5.74, 6) is -2.54. The van der Waals surface area contributed by atoms with Crippen LogP contribution >= 0.6 is 26.3 Å². The van der Waals surface area contributed by atoms with Crippen molar-refractivity contribution in [2.75, 3.05) is 42.7 Å². The minimum atomic E-state index is -5.30. The number of phosphoric acid groups is 1. The first kappa shape index (κ1) is 63.3. The number of ether oxygens (including phenoxy) is 3. The molecular weight excluding hydrogens is 1200 g/mol. The first-order chi connectivity index (χ1) is 39.9. The Morgan fingerprint density at radius 3 is 2.25 bits per heavy atom. The Kier molecular flexibility index (Phi) is 20.8. The van der Waals surface area contributed by atoms with Gasteiger partial charge in [0, 0.05) is 37.5 Å². The molecule has 8 rings (SSSR count). The number of nitrogens with zero attached hydrogens (tertiary/aromatic N) is 6. The van der Waals surface area contributed by atoms with Crippen molar-refractivity contribution in [2.24, 2.45) is 11.7 Å². The van der Waals surface area contributed by atoms with E-state index in [0.29, 0.717) is 29.4 Å². The van der Waals surface area contributed by atoms with Gasteiger partial charge in [0.1, 0.15) is 49.4 Å². The number of thioether (sulfide) groups is 1. The smallest absolute Gasteiger partial charge is 0.444 e. The van der Waals surface area contributed by atoms with Crippen LogP contribution in [0.25, 0.3) is 11.2 Å². The Balaban J connectivity index is 0.843. The number of halogens is 2. The molecule has 0 spiro atoms. The molecule has 4 aliphatic rings. The molecule has 4 fully saturated rings. The van der Waals surface area contributed by atoms with Gasteiger partial charge in [-0.25, -0.2) is 42.7 Å². The van der Waals surface area contributed by atoms with Crippen molar-refractivity contribution < 1.29 is 89.0 Å². The fourth-order valence-electron chi connectivity index (χ4n) is 8.99. The van der Waals surface area contributed by atoms with Gasteiger partial charge < -0.3 is 55.5 Å². The van der Waals surface area contributed by atoms with E-state index >= 15 is 8.78 Å². The molecule has 4 aliphatic heterocycles. The number of anilines is 2. The number of imidazole rings is 1. The molecule has 0 aliphatic carbocycles. The average molecular weight is 1260 g/mol. The third-order valence-electron chi connectivity index (χ3n) is 13.2. The second-order valence-corrected chi connectivity index (χ2v) is 24.6. The normalized spacial score (nSPS) is 27.0. The van der Waals surface area contributed by atoms with Crippen LogP contribution in [0.3, 0.4) is 0 Å². The van der Waals surface area contributed by atoms with Gasteiger partial charge in [-0.05, 0) is 54.7 Å². The second kappa shape index (κ2) is 27.6. The lowest BCUT2D eigenvalue weighted by molar-refractivity contribution is -0.132. The highest BCUT2D eigenvalue weighted by molar-refractivity contribution is 8.14. The van der Waals surface area contributed by atoms with Crippen molar-refractivity contribution in [3.8, 4) is 0 Å². The number of phosphoric ester groups is 1. The molecule has 4 saturated heterocycles. The molecule has 10 N–H and O–H groups in total. The van der Waals surface area contributed by atoms with Crippen molar-refractivity contribution in [1.82, 2.24) is 49.9 Å². The van der Waals surface area contributed by atoms with Crippen LogP contribution < -0.4 is 43.6 Å². The third-order valence-corrected chi connectivity index (χ3v) is 16.6. The van der Waals surface area contributed by atoms with E-state index in [1.54, 1.807) is 13.8 Å². The molecule has 456 valence electrons. The highest BCUT2D eigenvalue weighted by Gasteiger charge is 2.54. The first-order valence-electron chi connectivity index (χ1n) is 25.7. The van der Waals surface area contributed by atoms with Crippen LogP contribution in [-0.4, -0.2) is 166 Å². The van der Waals surface area contributed by atoms with E-state index in [0.717, 1.165) is 41.2 Å². The summed E-state index contributed by atoms with van der Waals surface area (Å²) in [7, 11) is -5.30. The summed E-state index contributed by atoms with van der Waals surface area (Å²) in [6, 6.07) is 3.76. The number of hydrogen-bond acceptors (Lipinski definition) is 22. The number of aromatic amines is 1. The van der Waals surface area contributed by atoms with E-state index in [9.17, 15) is 57.5 Å². The maximum atomic E-state index is 16.5. The number of fused-ring (bicyclic) bond motifs is 3. The monoisotopic (exact) mass is 1260 g/mol. The number of nitrogens with one attached hydrogen (secondary N) is 6. The zero-order valence-corrected chi connectivity index (χ0v) is 47.7. The predicted octanol–water partition coefficient (Wildman–Crippen LogP) is 1.61. The quantitative estimate of drug-likeness (QED) is 0.0448. The molecule has 8 amide bonds. The topological polar surface area (TPSA) is 430 Å². The first-order valence-corrected chi connectivity index (χ1v) is 30.8. The Morgan fingerprint density at radius 1 is 0.893 bits per heavy atom. The molecule has 38 heteroatoms. The Bertz CT molecular complexity index is 3330. The Labute approximate surface area is 482 Å². The highest BCUT2D eigenvalue weighted by atomic mass is 32.5. The van der Waals surface area contributed by atoms with E-state index in [-0.39, 0.29) is 72.1 Å². The Morgan fingerprint density at radius 2 is 1.58 bits per heavy atom. The number of imide groups is 1. The summed E-state index contributed by atoms with van der Waals surface area (Å²) in [5, 5.41) is 12.5. The molecule has 4 unspecified atom stereocenters. The number of amides is 8. The fourth-order valence-corrected chi connectivity index (χ4v) is 12.1. The van der Waals surface area contributed by atoms with Crippen molar-refractivity contribution in [2.45, 2.75) is 114 Å². The van der Waals surface area contributed by atoms with Gasteiger partial charge in [0.15, 0.2) is 41.8 Å². The van der Waals surface area contributed by atoms with E-state index in [4.69, 9.17) is 49.8 Å². The molecule has 4 aromatic rings. The number of urea groups is 1. The molecular formula is C46H57F2N13O19P2S2. The van der Waals surface area contributed by atoms with Crippen molar-refractivity contribution in [3.63, 3.8) is 0 Å². The molecule has 3 aromatic heterocycles. The van der Waals surface area contributed by atoms with E-state index in [2.05, 4.69) is 41.5 Å². The molecule has 32 nitrogen and oxygen atoms in total. The summed E-state index contributed by atoms with van der Waals surface area (Å²) in [4.78, 5) is 150. The lowest BCUT2D eigenvalue weighted by atomic mass is 10.0. The summed E-state index contributed by atoms with van der Waals surface area (Å²) >= 11 is 6.06. The maximum absolute atomic E-state index is 16.5. The summed E-state index contributed by atoms with van der Waals surface area (Å²) in [6.07, 6.45) is -12.0. The number of benzene rings is 1. The standard InChI is InChI=1S/C46H57F2N13O19P2S2/c1-22(2)33(56-28(62)6-4-3-5-14-59-30(64)19-84-46(59)70)40(66)55-25(11-13-50-43(49)67)39(65)54-24-9-7-23(8-10-24)16-74-45(69)58-37-34-38(52-20-51-37)61(21-53-34)42-31(47)35-27(78-42)18-76-82(73,83)80-36-26(17-75-81(71,72)79-35)77-41(32(36)48)60-15-12-29(63)57-44(60)68/h7-10,12,15,20-22,25-27,31-33,35-36,41-42H,3-6,11,13-14,16-19H2,1-2H3,(H,54,65)(H,55,66)(H,56,62)(H,71,72)(H,73,83)(H3,49,50,67)(H,57,63,68)(H,51,52,58,69)/t25?,26-,27-,31-,32-,33?,35-,36-,41-,42-,82?/m1/s1. The number of nitrogens with two attached hydrogens (primary N) is 1. The van der Waals surface area contributed by atoms with Crippen molar-refractivity contribution in [3.05, 3.63) is 75.6 Å². The molecule has 12 atom stereocenters. The zero-order chi connectivity index (χ0) is 60.6. The minimum Gasteiger partial charge on any atom is -0.444 e. The van der Waals surface area contributed by atoms with Crippen LogP contribution in [0, 0.1) is 5.92 Å². The van der Waals surface area contributed by atoms with E-state index < -0.39 is 136 Å². The summed E-state index contributed by atoms with van der Waals surface area (Å²) in [6.45, 7) is -3.14. The van der Waals surface area contributed by atoms with Gasteiger partial charge in [0.25, 0.3) is 10.8 Å². The lowest BCUT2D eigenvalue weighted by Gasteiger charge is -2.28. The van der Waals surface area contributed by atoms with Gasteiger partial charge in [0.05, 0.1) is 25.3 Å². The number of unbranched alkanes of at least 4 members (excludes halogenated alkanes) is 2. The number of H-pyrrole nitrogens is 1. The third kappa shape index (κ3) is 16.0. The van der Waals surface area contributed by atoms with Crippen LogP contribution in [0.15, 0.2) is 58.8 Å². The maximum Gasteiger partial charge on any atom is 0.472 e. The predicted molar refractivity (Wildman–Crippen MR) is 290 cm³/mol. The van der Waals surface area contributed by atoms with Gasteiger partial charge >= 0.3 is 32.4 Å². The molecule has 7 heterocycles. The molecule has 84 heavy (non-hydrogen) atoms. The fraction of sp³-hybridized carbons (Fsp3) is 0.522. The zero-order valence-electron chi connectivity index (χ0n) is 44.3. The van der Waals surface area contributed by atoms with E-state index in [1.165, 1.54) is 29.2 Å². The summed E-state index contributed by atoms with van der Waals surface area (Å²) < 4.78 is 85.4. The number of aromatic nitrogens is 6. The van der Waals surface area contributed by atoms with Crippen LogP contribution in [0.1, 0.15) is 64.0 Å². The number of primary amides is 1. The largest absolute Gasteiger partial charge is 0.472 e. The molecule has 0 saturated carbocycles. The van der Waals surface area contributed by atoms with Crippen molar-refractivity contribution >= 4 is 102 Å². The van der Waals surface area contributed by atoms with Crippen molar-refractivity contribution in [1.29, 1.82) is 0 Å². The number of carbonyl (C=O) groups excluding carboxylic acids is 7. The second-order valence-electron chi connectivity index (χ2n) is 19.5. The van der Waals surface area contributed by atoms with Gasteiger partial charge in [-0.2, -0.15) is 0 Å². The van der Waals surface area contributed by atoms with E-state index in [1.807, 2.05) is 4.98 Å². The van der Waals surface area contributed by atoms with Gasteiger partial charge in [-0.3, -0.25) is 66.7 Å². The van der Waals surface area contributed by atoms with Crippen LogP contribution in [-0.2, 0) is 74.5 Å².